The van der Waals surface area contributed by atoms with E-state index in [9.17, 15) is 8.42 Å². The van der Waals surface area contributed by atoms with Gasteiger partial charge in [-0.05, 0) is 44.6 Å². The topological polar surface area (TPSA) is 46.2 Å². The van der Waals surface area contributed by atoms with Crippen LogP contribution >= 0.6 is 0 Å². The summed E-state index contributed by atoms with van der Waals surface area (Å²) >= 11 is 0. The van der Waals surface area contributed by atoms with Crippen molar-refractivity contribution >= 4 is 9.84 Å². The van der Waals surface area contributed by atoms with E-state index in [0.29, 0.717) is 11.8 Å². The Kier molecular flexibility index (Phi) is 5.06. The van der Waals surface area contributed by atoms with Gasteiger partial charge in [-0.2, -0.15) is 0 Å². The number of nitrogens with one attached hydrogen (secondary N) is 1. The third-order valence-corrected chi connectivity index (χ3v) is 4.17. The highest BCUT2D eigenvalue weighted by Gasteiger charge is 2.17. The predicted octanol–water partition coefficient (Wildman–Crippen LogP) is 1.59. The van der Waals surface area contributed by atoms with Gasteiger partial charge in [0.2, 0.25) is 0 Å². The van der Waals surface area contributed by atoms with Crippen molar-refractivity contribution < 1.29 is 8.42 Å². The van der Waals surface area contributed by atoms with Crippen LogP contribution in [0.5, 0.6) is 0 Å². The van der Waals surface area contributed by atoms with Gasteiger partial charge in [0, 0.05) is 12.3 Å². The summed E-state index contributed by atoms with van der Waals surface area (Å²) in [6.07, 6.45) is 7.16. The van der Waals surface area contributed by atoms with Crippen LogP contribution in [0, 0.1) is 5.92 Å². The first-order valence-corrected chi connectivity index (χ1v) is 7.94. The number of hydrogen-bond acceptors (Lipinski definition) is 3. The minimum absolute atomic E-state index is 0.309. The molecule has 1 aliphatic rings. The van der Waals surface area contributed by atoms with E-state index >= 15 is 0 Å². The summed E-state index contributed by atoms with van der Waals surface area (Å²) in [5.41, 5.74) is 0. The normalized spacial score (nSPS) is 27.9. The summed E-state index contributed by atoms with van der Waals surface area (Å²) in [6.45, 7) is 3.14. The van der Waals surface area contributed by atoms with Crippen molar-refractivity contribution in [1.82, 2.24) is 5.32 Å². The Hall–Kier alpha value is -0.0900. The first-order chi connectivity index (χ1) is 6.97. The predicted molar refractivity (Wildman–Crippen MR) is 63.8 cm³/mol. The maximum absolute atomic E-state index is 10.9. The van der Waals surface area contributed by atoms with Gasteiger partial charge in [0.15, 0.2) is 0 Å². The van der Waals surface area contributed by atoms with E-state index in [0.717, 1.165) is 18.9 Å². The number of hydrogen-bond donors (Lipinski definition) is 1. The van der Waals surface area contributed by atoms with Gasteiger partial charge in [-0.15, -0.1) is 0 Å². The molecular weight excluding hydrogens is 210 g/mol. The van der Waals surface area contributed by atoms with Crippen LogP contribution < -0.4 is 5.32 Å². The van der Waals surface area contributed by atoms with Crippen molar-refractivity contribution in [2.24, 2.45) is 5.92 Å². The molecular formula is C11H23NO2S. The lowest BCUT2D eigenvalue weighted by molar-refractivity contribution is 0.308. The second kappa shape index (κ2) is 5.85. The van der Waals surface area contributed by atoms with Crippen molar-refractivity contribution in [3.63, 3.8) is 0 Å². The van der Waals surface area contributed by atoms with E-state index in [1.165, 1.54) is 31.9 Å². The molecule has 0 atom stereocenters. The van der Waals surface area contributed by atoms with E-state index in [1.807, 2.05) is 0 Å². The van der Waals surface area contributed by atoms with Gasteiger partial charge in [0.05, 0.1) is 5.75 Å². The van der Waals surface area contributed by atoms with Gasteiger partial charge < -0.3 is 5.32 Å². The molecule has 0 heterocycles. The van der Waals surface area contributed by atoms with Gasteiger partial charge in [-0.25, -0.2) is 8.42 Å². The minimum Gasteiger partial charge on any atom is -0.314 e. The number of rotatable bonds is 5. The molecule has 15 heavy (non-hydrogen) atoms. The molecule has 1 N–H and O–H groups in total. The Bertz CT molecular complexity index is 266. The van der Waals surface area contributed by atoms with Crippen LogP contribution in [-0.2, 0) is 9.84 Å². The molecule has 3 nitrogen and oxygen atoms in total. The van der Waals surface area contributed by atoms with Crippen molar-refractivity contribution in [3.05, 3.63) is 0 Å². The zero-order chi connectivity index (χ0) is 11.3. The molecule has 1 rings (SSSR count). The van der Waals surface area contributed by atoms with Crippen LogP contribution in [-0.4, -0.2) is 33.0 Å². The van der Waals surface area contributed by atoms with Gasteiger partial charge >= 0.3 is 0 Å². The van der Waals surface area contributed by atoms with E-state index in [-0.39, 0.29) is 0 Å². The summed E-state index contributed by atoms with van der Waals surface area (Å²) < 4.78 is 21.8. The lowest BCUT2D eigenvalue weighted by Crippen LogP contribution is -2.33. The van der Waals surface area contributed by atoms with Crippen LogP contribution in [0.4, 0.5) is 0 Å². The first kappa shape index (κ1) is 13.0. The molecule has 0 aromatic carbocycles. The van der Waals surface area contributed by atoms with Crippen LogP contribution in [0.1, 0.15) is 39.0 Å². The Balaban J connectivity index is 2.06. The molecule has 0 bridgehead atoms. The zero-order valence-corrected chi connectivity index (χ0v) is 10.6. The lowest BCUT2D eigenvalue weighted by atomic mass is 9.87. The van der Waals surface area contributed by atoms with Crippen LogP contribution in [0.15, 0.2) is 0 Å². The summed E-state index contributed by atoms with van der Waals surface area (Å²) in [5, 5.41) is 3.45. The highest BCUT2D eigenvalue weighted by atomic mass is 32.2. The molecule has 1 saturated carbocycles. The third-order valence-electron chi connectivity index (χ3n) is 3.14. The highest BCUT2D eigenvalue weighted by molar-refractivity contribution is 7.90. The SMILES string of the molecule is CC1CCC(NCCCS(C)(=O)=O)CC1. The largest absolute Gasteiger partial charge is 0.314 e. The average molecular weight is 233 g/mol. The maximum Gasteiger partial charge on any atom is 0.147 e. The molecule has 1 fully saturated rings. The fourth-order valence-corrected chi connectivity index (χ4v) is 2.77. The third kappa shape index (κ3) is 6.15. The average Bonchev–Trinajstić information content (AvgIpc) is 2.14. The molecule has 0 spiro atoms. The fraction of sp³-hybridized carbons (Fsp3) is 1.00. The van der Waals surface area contributed by atoms with Crippen molar-refractivity contribution in [3.8, 4) is 0 Å². The molecule has 0 aromatic rings. The Labute approximate surface area is 93.6 Å². The summed E-state index contributed by atoms with van der Waals surface area (Å²) in [7, 11) is -2.78. The van der Waals surface area contributed by atoms with Gasteiger partial charge in [0.25, 0.3) is 0 Å². The maximum atomic E-state index is 10.9. The standard InChI is InChI=1S/C11H23NO2S/c1-10-4-6-11(7-5-10)12-8-3-9-15(2,13)14/h10-12H,3-9H2,1-2H3. The minimum atomic E-state index is -2.78. The molecule has 1 aliphatic carbocycles. The van der Waals surface area contributed by atoms with Gasteiger partial charge in [0.1, 0.15) is 9.84 Å². The smallest absolute Gasteiger partial charge is 0.147 e. The van der Waals surface area contributed by atoms with Crippen molar-refractivity contribution in [2.75, 3.05) is 18.6 Å². The molecule has 4 heteroatoms. The summed E-state index contributed by atoms with van der Waals surface area (Å²) in [4.78, 5) is 0. The zero-order valence-electron chi connectivity index (χ0n) is 9.83. The van der Waals surface area contributed by atoms with Crippen LogP contribution in [0.3, 0.4) is 0 Å². The second-order valence-corrected chi connectivity index (χ2v) is 7.15. The van der Waals surface area contributed by atoms with Crippen molar-refractivity contribution in [2.45, 2.75) is 45.1 Å². The summed E-state index contributed by atoms with van der Waals surface area (Å²) in [6, 6.07) is 0.626. The van der Waals surface area contributed by atoms with E-state index in [4.69, 9.17) is 0 Å². The Morgan fingerprint density at radius 2 is 1.80 bits per heavy atom. The molecule has 0 aliphatic heterocycles. The fourth-order valence-electron chi connectivity index (χ4n) is 2.10. The summed E-state index contributed by atoms with van der Waals surface area (Å²) in [5.74, 6) is 1.18. The highest BCUT2D eigenvalue weighted by Crippen LogP contribution is 2.23. The van der Waals surface area contributed by atoms with E-state index in [1.54, 1.807) is 0 Å². The Morgan fingerprint density at radius 1 is 1.20 bits per heavy atom. The molecule has 90 valence electrons. The van der Waals surface area contributed by atoms with Crippen LogP contribution in [0.2, 0.25) is 0 Å². The second-order valence-electron chi connectivity index (χ2n) is 4.89. The quantitative estimate of drug-likeness (QED) is 0.734. The molecule has 0 amide bonds. The monoisotopic (exact) mass is 233 g/mol. The molecule has 0 radical (unpaired) electrons. The molecule has 0 saturated heterocycles. The molecule has 0 unspecified atom stereocenters. The van der Waals surface area contributed by atoms with Crippen LogP contribution in [0.25, 0.3) is 0 Å². The van der Waals surface area contributed by atoms with E-state index in [2.05, 4.69) is 12.2 Å². The van der Waals surface area contributed by atoms with Crippen molar-refractivity contribution in [1.29, 1.82) is 0 Å². The Morgan fingerprint density at radius 3 is 2.33 bits per heavy atom. The lowest BCUT2D eigenvalue weighted by Gasteiger charge is -2.26. The van der Waals surface area contributed by atoms with Gasteiger partial charge in [-0.3, -0.25) is 0 Å². The number of sulfone groups is 1. The molecule has 0 aromatic heterocycles. The van der Waals surface area contributed by atoms with E-state index < -0.39 is 9.84 Å². The first-order valence-electron chi connectivity index (χ1n) is 5.88. The van der Waals surface area contributed by atoms with Gasteiger partial charge in [-0.1, -0.05) is 6.92 Å².